The molecule has 0 radical (unpaired) electrons. The molecule has 3 aromatic carbocycles. The summed E-state index contributed by atoms with van der Waals surface area (Å²) in [4.78, 5) is 17.9. The van der Waals surface area contributed by atoms with Crippen molar-refractivity contribution in [1.82, 2.24) is 4.98 Å². The van der Waals surface area contributed by atoms with Crippen molar-refractivity contribution >= 4 is 43.8 Å². The van der Waals surface area contributed by atoms with Crippen LogP contribution in [0.3, 0.4) is 0 Å². The largest absolute Gasteiger partial charge is 0.302 e. The smallest absolute Gasteiger partial charge is 0.230 e. The molecule has 0 atom stereocenters. The topological polar surface area (TPSA) is 76.1 Å². The Morgan fingerprint density at radius 3 is 2.48 bits per heavy atom. The number of thiazole rings is 1. The predicted octanol–water partition coefficient (Wildman–Crippen LogP) is 5.85. The fourth-order valence-electron chi connectivity index (χ4n) is 3.33. The van der Waals surface area contributed by atoms with Gasteiger partial charge in [-0.3, -0.25) is 4.79 Å². The fraction of sp³-hybridized carbons (Fsp3) is 0.0833. The van der Waals surface area contributed by atoms with E-state index in [1.165, 1.54) is 29.5 Å². The molecule has 33 heavy (non-hydrogen) atoms. The van der Waals surface area contributed by atoms with Crippen molar-refractivity contribution in [3.8, 4) is 21.7 Å². The molecular weight excluding hydrogens is 483 g/mol. The van der Waals surface area contributed by atoms with Gasteiger partial charge in [-0.2, -0.15) is 0 Å². The van der Waals surface area contributed by atoms with Crippen molar-refractivity contribution in [3.05, 3.63) is 89.2 Å². The van der Waals surface area contributed by atoms with Crippen LogP contribution in [-0.4, -0.2) is 25.6 Å². The summed E-state index contributed by atoms with van der Waals surface area (Å²) in [6, 6.07) is 19.3. The van der Waals surface area contributed by atoms with Crippen LogP contribution >= 0.6 is 22.9 Å². The molecule has 0 fully saturated rings. The van der Waals surface area contributed by atoms with E-state index in [0.717, 1.165) is 11.8 Å². The third-order valence-electron chi connectivity index (χ3n) is 4.78. The Kier molecular flexibility index (Phi) is 6.60. The van der Waals surface area contributed by atoms with Crippen molar-refractivity contribution in [1.29, 1.82) is 0 Å². The molecule has 1 N–H and O–H groups in total. The van der Waals surface area contributed by atoms with E-state index in [1.807, 2.05) is 0 Å². The molecule has 0 saturated carbocycles. The maximum absolute atomic E-state index is 13.5. The van der Waals surface area contributed by atoms with Gasteiger partial charge in [0.05, 0.1) is 21.9 Å². The highest BCUT2D eigenvalue weighted by Crippen LogP contribution is 2.41. The Labute approximate surface area is 199 Å². The Balaban J connectivity index is 1.75. The van der Waals surface area contributed by atoms with Crippen molar-refractivity contribution in [2.75, 3.05) is 11.6 Å². The first kappa shape index (κ1) is 23.1. The number of rotatable bonds is 6. The van der Waals surface area contributed by atoms with Crippen LogP contribution < -0.4 is 5.32 Å². The summed E-state index contributed by atoms with van der Waals surface area (Å²) < 4.78 is 38.3. The molecule has 1 heterocycles. The average molecular weight is 501 g/mol. The monoisotopic (exact) mass is 500 g/mol. The van der Waals surface area contributed by atoms with Crippen LogP contribution in [0.15, 0.2) is 77.7 Å². The lowest BCUT2D eigenvalue weighted by molar-refractivity contribution is -0.115. The van der Waals surface area contributed by atoms with E-state index in [0.29, 0.717) is 31.9 Å². The van der Waals surface area contributed by atoms with Crippen molar-refractivity contribution in [3.63, 3.8) is 0 Å². The number of benzene rings is 3. The first-order valence-electron chi connectivity index (χ1n) is 9.81. The minimum Gasteiger partial charge on any atom is -0.302 e. The van der Waals surface area contributed by atoms with E-state index in [-0.39, 0.29) is 17.2 Å². The molecule has 4 aromatic rings. The van der Waals surface area contributed by atoms with Gasteiger partial charge in [0.1, 0.15) is 5.82 Å². The maximum atomic E-state index is 13.5. The van der Waals surface area contributed by atoms with Gasteiger partial charge in [-0.15, -0.1) is 0 Å². The number of halogens is 2. The van der Waals surface area contributed by atoms with E-state index in [9.17, 15) is 17.6 Å². The summed E-state index contributed by atoms with van der Waals surface area (Å²) in [6.07, 6.45) is 1.23. The minimum atomic E-state index is -3.54. The van der Waals surface area contributed by atoms with Crippen LogP contribution in [0.5, 0.6) is 0 Å². The number of hydrogen-bond donors (Lipinski definition) is 1. The standard InChI is InChI=1S/C24H18ClFN2O3S2/c1-33(30,31)20-8-3-2-7-19(20)22-23(16-9-11-18(26)12-10-16)32-24(28-22)27-21(29)14-15-5-4-6-17(25)13-15/h2-13H,14H2,1H3,(H,27,28,29). The second-order valence-corrected chi connectivity index (χ2v) is 10.7. The van der Waals surface area contributed by atoms with Gasteiger partial charge in [0, 0.05) is 16.8 Å². The quantitative estimate of drug-likeness (QED) is 0.360. The first-order valence-corrected chi connectivity index (χ1v) is 12.9. The third-order valence-corrected chi connectivity index (χ3v) is 7.19. The van der Waals surface area contributed by atoms with Gasteiger partial charge >= 0.3 is 0 Å². The number of sulfone groups is 1. The van der Waals surface area contributed by atoms with Crippen LogP contribution in [-0.2, 0) is 21.1 Å². The highest BCUT2D eigenvalue weighted by Gasteiger charge is 2.22. The van der Waals surface area contributed by atoms with Gasteiger partial charge < -0.3 is 5.32 Å². The maximum Gasteiger partial charge on any atom is 0.230 e. The van der Waals surface area contributed by atoms with E-state index in [4.69, 9.17) is 11.6 Å². The van der Waals surface area contributed by atoms with E-state index in [2.05, 4.69) is 10.3 Å². The molecule has 0 aliphatic carbocycles. The number of nitrogens with one attached hydrogen (secondary N) is 1. The Morgan fingerprint density at radius 1 is 1.06 bits per heavy atom. The molecule has 0 saturated heterocycles. The molecule has 0 aliphatic rings. The summed E-state index contributed by atoms with van der Waals surface area (Å²) in [5, 5.41) is 3.62. The number of carbonyl (C=O) groups is 1. The minimum absolute atomic E-state index is 0.0985. The van der Waals surface area contributed by atoms with Crippen LogP contribution in [0, 0.1) is 5.82 Å². The molecular formula is C24H18ClFN2O3S2. The number of amides is 1. The molecule has 1 aromatic heterocycles. The van der Waals surface area contributed by atoms with Gasteiger partial charge in [-0.1, -0.05) is 65.4 Å². The summed E-state index contributed by atoms with van der Waals surface area (Å²) in [5.41, 5.74) is 2.21. The number of hydrogen-bond acceptors (Lipinski definition) is 5. The predicted molar refractivity (Wildman–Crippen MR) is 130 cm³/mol. The van der Waals surface area contributed by atoms with Crippen LogP contribution in [0.4, 0.5) is 9.52 Å². The van der Waals surface area contributed by atoms with Crippen molar-refractivity contribution < 1.29 is 17.6 Å². The van der Waals surface area contributed by atoms with Gasteiger partial charge in [-0.25, -0.2) is 17.8 Å². The third kappa shape index (κ3) is 5.47. The zero-order chi connectivity index (χ0) is 23.6. The first-order chi connectivity index (χ1) is 15.7. The van der Waals surface area contributed by atoms with Crippen LogP contribution in [0.25, 0.3) is 21.7 Å². The number of aromatic nitrogens is 1. The average Bonchev–Trinajstić information content (AvgIpc) is 3.17. The van der Waals surface area contributed by atoms with Gasteiger partial charge in [-0.05, 0) is 41.5 Å². The summed E-state index contributed by atoms with van der Waals surface area (Å²) in [7, 11) is -3.54. The molecule has 9 heteroatoms. The lowest BCUT2D eigenvalue weighted by Crippen LogP contribution is -2.14. The molecule has 5 nitrogen and oxygen atoms in total. The number of nitrogens with zero attached hydrogens (tertiary/aromatic N) is 1. The SMILES string of the molecule is CS(=O)(=O)c1ccccc1-c1nc(NC(=O)Cc2cccc(Cl)c2)sc1-c1ccc(F)cc1. The van der Waals surface area contributed by atoms with Crippen molar-refractivity contribution in [2.24, 2.45) is 0 Å². The molecule has 0 spiro atoms. The van der Waals surface area contributed by atoms with Gasteiger partial charge in [0.2, 0.25) is 5.91 Å². The lowest BCUT2D eigenvalue weighted by atomic mass is 10.1. The van der Waals surface area contributed by atoms with E-state index >= 15 is 0 Å². The molecule has 1 amide bonds. The van der Waals surface area contributed by atoms with Crippen molar-refractivity contribution in [2.45, 2.75) is 11.3 Å². The van der Waals surface area contributed by atoms with E-state index < -0.39 is 15.7 Å². The molecule has 0 bridgehead atoms. The van der Waals surface area contributed by atoms with Crippen LogP contribution in [0.1, 0.15) is 5.56 Å². The molecule has 0 unspecified atom stereocenters. The summed E-state index contributed by atoms with van der Waals surface area (Å²) in [6.45, 7) is 0. The highest BCUT2D eigenvalue weighted by atomic mass is 35.5. The van der Waals surface area contributed by atoms with Gasteiger partial charge in [0.15, 0.2) is 15.0 Å². The fourth-order valence-corrected chi connectivity index (χ4v) is 5.44. The second kappa shape index (κ2) is 9.43. The zero-order valence-corrected chi connectivity index (χ0v) is 19.8. The number of carbonyl (C=O) groups excluding carboxylic acids is 1. The Hall–Kier alpha value is -3.07. The Bertz CT molecular complexity index is 1430. The summed E-state index contributed by atoms with van der Waals surface area (Å²) in [5.74, 6) is -0.684. The molecule has 168 valence electrons. The lowest BCUT2D eigenvalue weighted by Gasteiger charge is -2.08. The Morgan fingerprint density at radius 2 is 1.79 bits per heavy atom. The molecule has 0 aliphatic heterocycles. The zero-order valence-electron chi connectivity index (χ0n) is 17.4. The molecule has 4 rings (SSSR count). The normalized spacial score (nSPS) is 11.4. The van der Waals surface area contributed by atoms with Gasteiger partial charge in [0.25, 0.3) is 0 Å². The van der Waals surface area contributed by atoms with E-state index in [1.54, 1.807) is 54.6 Å². The second-order valence-electron chi connectivity index (χ2n) is 7.33. The van der Waals surface area contributed by atoms with Crippen LogP contribution in [0.2, 0.25) is 5.02 Å². The number of anilines is 1. The highest BCUT2D eigenvalue weighted by molar-refractivity contribution is 7.90. The summed E-state index contributed by atoms with van der Waals surface area (Å²) >= 11 is 7.18.